The quantitative estimate of drug-likeness (QED) is 0.903. The molecule has 0 saturated carbocycles. The Hall–Kier alpha value is -1.55. The van der Waals surface area contributed by atoms with Gasteiger partial charge in [0.25, 0.3) is 0 Å². The van der Waals surface area contributed by atoms with Crippen LogP contribution < -0.4 is 10.6 Å². The highest BCUT2D eigenvalue weighted by molar-refractivity contribution is 7.13. The van der Waals surface area contributed by atoms with E-state index in [1.807, 2.05) is 5.38 Å². The molecule has 2 N–H and O–H groups in total. The standard InChI is InChI=1S/C13H17N3S/c1-10-4-3-5-12(8-10)16(2)7-6-11-9-17-13(14)15-11/h3-5,8-9H,6-7H2,1-2H3,(H2,14,15). The topological polar surface area (TPSA) is 42.1 Å². The first-order valence-electron chi connectivity index (χ1n) is 5.63. The van der Waals surface area contributed by atoms with E-state index < -0.39 is 0 Å². The largest absolute Gasteiger partial charge is 0.375 e. The van der Waals surface area contributed by atoms with Gasteiger partial charge in [0.15, 0.2) is 5.13 Å². The number of nitrogen functional groups attached to an aromatic ring is 1. The Labute approximate surface area is 106 Å². The predicted octanol–water partition coefficient (Wildman–Crippen LogP) is 2.71. The fraction of sp³-hybridized carbons (Fsp3) is 0.308. The Balaban J connectivity index is 1.95. The van der Waals surface area contributed by atoms with Crippen LogP contribution in [-0.4, -0.2) is 18.6 Å². The van der Waals surface area contributed by atoms with Crippen molar-refractivity contribution in [2.75, 3.05) is 24.2 Å². The average molecular weight is 247 g/mol. The third-order valence-corrected chi connectivity index (χ3v) is 3.44. The monoisotopic (exact) mass is 247 g/mol. The molecule has 2 aromatic rings. The summed E-state index contributed by atoms with van der Waals surface area (Å²) in [7, 11) is 2.10. The highest BCUT2D eigenvalue weighted by atomic mass is 32.1. The Bertz CT molecular complexity index is 493. The highest BCUT2D eigenvalue weighted by Crippen LogP contribution is 2.16. The van der Waals surface area contributed by atoms with E-state index in [0.717, 1.165) is 18.7 Å². The number of thiazole rings is 1. The van der Waals surface area contributed by atoms with Gasteiger partial charge in [0, 0.05) is 31.1 Å². The second-order valence-corrected chi connectivity index (χ2v) is 5.08. The second-order valence-electron chi connectivity index (χ2n) is 4.19. The number of benzene rings is 1. The molecule has 0 aliphatic heterocycles. The first kappa shape index (κ1) is 11.9. The molecular weight excluding hydrogens is 230 g/mol. The molecule has 2 rings (SSSR count). The minimum atomic E-state index is 0.651. The molecule has 3 nitrogen and oxygen atoms in total. The minimum Gasteiger partial charge on any atom is -0.375 e. The van der Waals surface area contributed by atoms with Crippen LogP contribution in [0.1, 0.15) is 11.3 Å². The summed E-state index contributed by atoms with van der Waals surface area (Å²) >= 11 is 1.50. The molecule has 0 fully saturated rings. The smallest absolute Gasteiger partial charge is 0.180 e. The molecule has 4 heteroatoms. The van der Waals surface area contributed by atoms with Crippen molar-refractivity contribution in [3.05, 3.63) is 40.9 Å². The van der Waals surface area contributed by atoms with Crippen molar-refractivity contribution in [2.24, 2.45) is 0 Å². The van der Waals surface area contributed by atoms with Gasteiger partial charge in [-0.1, -0.05) is 12.1 Å². The van der Waals surface area contributed by atoms with Crippen molar-refractivity contribution >= 4 is 22.2 Å². The van der Waals surface area contributed by atoms with Crippen LogP contribution in [0.5, 0.6) is 0 Å². The number of aryl methyl sites for hydroxylation is 1. The molecule has 0 spiro atoms. The van der Waals surface area contributed by atoms with E-state index in [4.69, 9.17) is 5.73 Å². The first-order chi connectivity index (χ1) is 8.15. The average Bonchev–Trinajstić information content (AvgIpc) is 2.72. The molecule has 0 radical (unpaired) electrons. The van der Waals surface area contributed by atoms with E-state index in [-0.39, 0.29) is 0 Å². The molecule has 17 heavy (non-hydrogen) atoms. The van der Waals surface area contributed by atoms with Crippen molar-refractivity contribution in [2.45, 2.75) is 13.3 Å². The molecule has 90 valence electrons. The van der Waals surface area contributed by atoms with Crippen LogP contribution in [0, 0.1) is 6.92 Å². The first-order valence-corrected chi connectivity index (χ1v) is 6.51. The maximum Gasteiger partial charge on any atom is 0.180 e. The summed E-state index contributed by atoms with van der Waals surface area (Å²) in [5.74, 6) is 0. The molecule has 0 amide bonds. The van der Waals surface area contributed by atoms with Crippen molar-refractivity contribution in [3.63, 3.8) is 0 Å². The summed E-state index contributed by atoms with van der Waals surface area (Å²) in [4.78, 5) is 6.50. The van der Waals surface area contributed by atoms with E-state index in [2.05, 4.69) is 48.1 Å². The van der Waals surface area contributed by atoms with Gasteiger partial charge in [-0.15, -0.1) is 11.3 Å². The number of nitrogens with zero attached hydrogens (tertiary/aromatic N) is 2. The summed E-state index contributed by atoms with van der Waals surface area (Å²) in [5, 5.41) is 2.68. The van der Waals surface area contributed by atoms with Gasteiger partial charge >= 0.3 is 0 Å². The Morgan fingerprint density at radius 3 is 2.88 bits per heavy atom. The number of anilines is 2. The fourth-order valence-corrected chi connectivity index (χ4v) is 2.31. The lowest BCUT2D eigenvalue weighted by molar-refractivity contribution is 0.859. The molecule has 0 atom stereocenters. The summed E-state index contributed by atoms with van der Waals surface area (Å²) in [6.45, 7) is 3.06. The van der Waals surface area contributed by atoms with Crippen molar-refractivity contribution < 1.29 is 0 Å². The lowest BCUT2D eigenvalue weighted by Crippen LogP contribution is -2.20. The van der Waals surface area contributed by atoms with Gasteiger partial charge in [-0.25, -0.2) is 4.98 Å². The number of rotatable bonds is 4. The molecule has 0 saturated heterocycles. The molecule has 0 bridgehead atoms. The van der Waals surface area contributed by atoms with E-state index >= 15 is 0 Å². The van der Waals surface area contributed by atoms with Crippen LogP contribution in [-0.2, 0) is 6.42 Å². The molecule has 1 aromatic heterocycles. The van der Waals surface area contributed by atoms with Gasteiger partial charge in [-0.2, -0.15) is 0 Å². The van der Waals surface area contributed by atoms with Gasteiger partial charge in [0.1, 0.15) is 0 Å². The van der Waals surface area contributed by atoms with Crippen LogP contribution in [0.4, 0.5) is 10.8 Å². The van der Waals surface area contributed by atoms with Crippen molar-refractivity contribution in [1.29, 1.82) is 0 Å². The van der Waals surface area contributed by atoms with Crippen LogP contribution in [0.3, 0.4) is 0 Å². The van der Waals surface area contributed by atoms with Gasteiger partial charge in [-0.05, 0) is 24.6 Å². The fourth-order valence-electron chi connectivity index (χ4n) is 1.71. The summed E-state index contributed by atoms with van der Waals surface area (Å²) in [6.07, 6.45) is 0.929. The molecule has 1 aromatic carbocycles. The summed E-state index contributed by atoms with van der Waals surface area (Å²) in [6, 6.07) is 8.51. The van der Waals surface area contributed by atoms with E-state index in [0.29, 0.717) is 5.13 Å². The van der Waals surface area contributed by atoms with E-state index in [9.17, 15) is 0 Å². The molecule has 1 heterocycles. The number of hydrogen-bond acceptors (Lipinski definition) is 4. The third-order valence-electron chi connectivity index (χ3n) is 2.72. The lowest BCUT2D eigenvalue weighted by atomic mass is 10.2. The zero-order valence-electron chi connectivity index (χ0n) is 10.2. The summed E-state index contributed by atoms with van der Waals surface area (Å²) < 4.78 is 0. The zero-order chi connectivity index (χ0) is 12.3. The van der Waals surface area contributed by atoms with Gasteiger partial charge in [0.2, 0.25) is 0 Å². The summed E-state index contributed by atoms with van der Waals surface area (Å²) in [5.41, 5.74) is 9.21. The van der Waals surface area contributed by atoms with Crippen molar-refractivity contribution in [3.8, 4) is 0 Å². The van der Waals surface area contributed by atoms with E-state index in [1.54, 1.807) is 0 Å². The van der Waals surface area contributed by atoms with Crippen LogP contribution in [0.2, 0.25) is 0 Å². The Morgan fingerprint density at radius 1 is 1.41 bits per heavy atom. The highest BCUT2D eigenvalue weighted by Gasteiger charge is 2.03. The van der Waals surface area contributed by atoms with Gasteiger partial charge in [-0.3, -0.25) is 0 Å². The number of hydrogen-bond donors (Lipinski definition) is 1. The number of aromatic nitrogens is 1. The normalized spacial score (nSPS) is 10.5. The number of nitrogens with two attached hydrogens (primary N) is 1. The van der Waals surface area contributed by atoms with E-state index in [1.165, 1.54) is 22.6 Å². The molecule has 0 aliphatic rings. The second kappa shape index (κ2) is 5.19. The third kappa shape index (κ3) is 3.20. The molecular formula is C13H17N3S. The lowest BCUT2D eigenvalue weighted by Gasteiger charge is -2.19. The zero-order valence-corrected chi connectivity index (χ0v) is 11.0. The van der Waals surface area contributed by atoms with Crippen LogP contribution >= 0.6 is 11.3 Å². The molecule has 0 unspecified atom stereocenters. The Morgan fingerprint density at radius 2 is 2.24 bits per heavy atom. The van der Waals surface area contributed by atoms with Gasteiger partial charge < -0.3 is 10.6 Å². The van der Waals surface area contributed by atoms with Crippen molar-refractivity contribution in [1.82, 2.24) is 4.98 Å². The Kier molecular flexibility index (Phi) is 3.64. The van der Waals surface area contributed by atoms with Gasteiger partial charge in [0.05, 0.1) is 5.69 Å². The maximum absolute atomic E-state index is 5.61. The van der Waals surface area contributed by atoms with Crippen LogP contribution in [0.25, 0.3) is 0 Å². The number of likely N-dealkylation sites (N-methyl/N-ethyl adjacent to an activating group) is 1. The maximum atomic E-state index is 5.61. The SMILES string of the molecule is Cc1cccc(N(C)CCc2csc(N)n2)c1. The predicted molar refractivity (Wildman–Crippen MR) is 74.7 cm³/mol. The van der Waals surface area contributed by atoms with Crippen LogP contribution in [0.15, 0.2) is 29.6 Å². The minimum absolute atomic E-state index is 0.651. The molecule has 0 aliphatic carbocycles.